The maximum atomic E-state index is 6.29. The first-order valence-electron chi connectivity index (χ1n) is 6.63. The van der Waals surface area contributed by atoms with Crippen molar-refractivity contribution < 1.29 is 4.74 Å². The molecule has 0 radical (unpaired) electrons. The highest BCUT2D eigenvalue weighted by molar-refractivity contribution is 7.09. The summed E-state index contributed by atoms with van der Waals surface area (Å²) in [5.41, 5.74) is 8.73. The van der Waals surface area contributed by atoms with E-state index < -0.39 is 0 Å². The third-order valence-electron chi connectivity index (χ3n) is 3.39. The van der Waals surface area contributed by atoms with E-state index in [2.05, 4.69) is 36.6 Å². The predicted molar refractivity (Wildman–Crippen MR) is 81.9 cm³/mol. The molecule has 0 aliphatic rings. The van der Waals surface area contributed by atoms with Gasteiger partial charge in [0.1, 0.15) is 5.75 Å². The molecule has 0 aliphatic heterocycles. The highest BCUT2D eigenvalue weighted by Gasteiger charge is 2.09. The van der Waals surface area contributed by atoms with Gasteiger partial charge in [0.25, 0.3) is 0 Å². The van der Waals surface area contributed by atoms with Crippen LogP contribution < -0.4 is 10.5 Å². The molecular formula is C16H21NOS. The highest BCUT2D eigenvalue weighted by Crippen LogP contribution is 2.24. The quantitative estimate of drug-likeness (QED) is 0.862. The van der Waals surface area contributed by atoms with E-state index in [1.54, 1.807) is 7.11 Å². The van der Waals surface area contributed by atoms with Crippen LogP contribution in [0.4, 0.5) is 0 Å². The van der Waals surface area contributed by atoms with Crippen LogP contribution in [0.25, 0.3) is 0 Å². The van der Waals surface area contributed by atoms with Crippen LogP contribution in [0.15, 0.2) is 35.7 Å². The smallest absolute Gasteiger partial charge is 0.119 e. The first-order valence-corrected chi connectivity index (χ1v) is 7.51. The third kappa shape index (κ3) is 3.82. The number of nitrogens with two attached hydrogens (primary N) is 1. The largest absolute Gasteiger partial charge is 0.497 e. The lowest BCUT2D eigenvalue weighted by Gasteiger charge is -2.15. The predicted octanol–water partition coefficient (Wildman–Crippen LogP) is 4.09. The van der Waals surface area contributed by atoms with Crippen LogP contribution in [0, 0.1) is 6.92 Å². The van der Waals surface area contributed by atoms with Gasteiger partial charge in [-0.25, -0.2) is 0 Å². The van der Waals surface area contributed by atoms with E-state index in [9.17, 15) is 0 Å². The average molecular weight is 275 g/mol. The molecule has 2 nitrogen and oxygen atoms in total. The van der Waals surface area contributed by atoms with E-state index >= 15 is 0 Å². The van der Waals surface area contributed by atoms with Crippen molar-refractivity contribution in [3.8, 4) is 5.75 Å². The molecule has 1 heterocycles. The fraction of sp³-hybridized carbons (Fsp3) is 0.375. The Morgan fingerprint density at radius 3 is 2.79 bits per heavy atom. The number of rotatable bonds is 6. The monoisotopic (exact) mass is 275 g/mol. The Bertz CT molecular complexity index is 507. The lowest BCUT2D eigenvalue weighted by molar-refractivity contribution is 0.414. The van der Waals surface area contributed by atoms with Crippen LogP contribution in [0.1, 0.15) is 34.9 Å². The van der Waals surface area contributed by atoms with E-state index in [1.165, 1.54) is 16.0 Å². The second-order valence-corrected chi connectivity index (χ2v) is 5.83. The van der Waals surface area contributed by atoms with Crippen LogP contribution in [-0.2, 0) is 6.42 Å². The van der Waals surface area contributed by atoms with Crippen LogP contribution >= 0.6 is 11.3 Å². The number of hydrogen-bond donors (Lipinski definition) is 1. The molecular weight excluding hydrogens is 254 g/mol. The van der Waals surface area contributed by atoms with Crippen molar-refractivity contribution in [3.63, 3.8) is 0 Å². The fourth-order valence-electron chi connectivity index (χ4n) is 2.30. The zero-order valence-corrected chi connectivity index (χ0v) is 12.4. The van der Waals surface area contributed by atoms with Crippen molar-refractivity contribution in [2.75, 3.05) is 7.11 Å². The SMILES string of the molecule is COc1ccc(C(N)CCCc2cccs2)c(C)c1. The number of ether oxygens (including phenoxy) is 1. The average Bonchev–Trinajstić information content (AvgIpc) is 2.91. The second-order valence-electron chi connectivity index (χ2n) is 4.80. The summed E-state index contributed by atoms with van der Waals surface area (Å²) in [7, 11) is 1.69. The molecule has 102 valence electrons. The Morgan fingerprint density at radius 1 is 1.32 bits per heavy atom. The molecule has 1 atom stereocenters. The van der Waals surface area contributed by atoms with Gasteiger partial charge in [0.15, 0.2) is 0 Å². The number of hydrogen-bond acceptors (Lipinski definition) is 3. The first kappa shape index (κ1) is 14.1. The molecule has 1 unspecified atom stereocenters. The number of aryl methyl sites for hydroxylation is 2. The summed E-state index contributed by atoms with van der Waals surface area (Å²) in [6.45, 7) is 2.09. The zero-order valence-electron chi connectivity index (χ0n) is 11.6. The molecule has 0 amide bonds. The second kappa shape index (κ2) is 6.73. The van der Waals surface area contributed by atoms with Crippen LogP contribution in [0.5, 0.6) is 5.75 Å². The molecule has 0 saturated heterocycles. The molecule has 19 heavy (non-hydrogen) atoms. The molecule has 0 spiro atoms. The minimum absolute atomic E-state index is 0.117. The maximum absolute atomic E-state index is 6.29. The standard InChI is InChI=1S/C16H21NOS/c1-12-11-13(18-2)8-9-15(12)16(17)7-3-5-14-6-4-10-19-14/h4,6,8-11,16H,3,5,7,17H2,1-2H3. The Balaban J connectivity index is 1.90. The van der Waals surface area contributed by atoms with E-state index in [1.807, 2.05) is 17.4 Å². The summed E-state index contributed by atoms with van der Waals surface area (Å²) < 4.78 is 5.22. The molecule has 1 aromatic carbocycles. The van der Waals surface area contributed by atoms with Gasteiger partial charge in [-0.3, -0.25) is 0 Å². The van der Waals surface area contributed by atoms with Gasteiger partial charge in [0, 0.05) is 10.9 Å². The van der Waals surface area contributed by atoms with Gasteiger partial charge < -0.3 is 10.5 Å². The maximum Gasteiger partial charge on any atom is 0.119 e. The lowest BCUT2D eigenvalue weighted by atomic mass is 9.97. The zero-order chi connectivity index (χ0) is 13.7. The van der Waals surface area contributed by atoms with Gasteiger partial charge in [-0.15, -0.1) is 11.3 Å². The van der Waals surface area contributed by atoms with Crippen LogP contribution in [-0.4, -0.2) is 7.11 Å². The Labute approximate surface area is 119 Å². The van der Waals surface area contributed by atoms with Crippen molar-refractivity contribution in [1.82, 2.24) is 0 Å². The summed E-state index contributed by atoms with van der Waals surface area (Å²) in [6.07, 6.45) is 3.28. The Hall–Kier alpha value is -1.32. The molecule has 2 rings (SSSR count). The normalized spacial score (nSPS) is 12.4. The summed E-state index contributed by atoms with van der Waals surface area (Å²) in [5.74, 6) is 0.895. The van der Waals surface area contributed by atoms with Gasteiger partial charge >= 0.3 is 0 Å². The van der Waals surface area contributed by atoms with E-state index in [4.69, 9.17) is 10.5 Å². The molecule has 0 aliphatic carbocycles. The van der Waals surface area contributed by atoms with Gasteiger partial charge in [0.05, 0.1) is 7.11 Å². The molecule has 2 N–H and O–H groups in total. The Kier molecular flexibility index (Phi) is 5.00. The fourth-order valence-corrected chi connectivity index (χ4v) is 3.05. The van der Waals surface area contributed by atoms with E-state index in [0.717, 1.165) is 25.0 Å². The first-order chi connectivity index (χ1) is 9.20. The van der Waals surface area contributed by atoms with E-state index in [-0.39, 0.29) is 6.04 Å². The summed E-state index contributed by atoms with van der Waals surface area (Å²) in [4.78, 5) is 1.44. The van der Waals surface area contributed by atoms with Crippen LogP contribution in [0.3, 0.4) is 0 Å². The topological polar surface area (TPSA) is 35.2 Å². The molecule has 3 heteroatoms. The lowest BCUT2D eigenvalue weighted by Crippen LogP contribution is -2.12. The molecule has 0 fully saturated rings. The van der Waals surface area contributed by atoms with Gasteiger partial charge in [-0.2, -0.15) is 0 Å². The van der Waals surface area contributed by atoms with Crippen molar-refractivity contribution in [3.05, 3.63) is 51.7 Å². The van der Waals surface area contributed by atoms with Crippen molar-refractivity contribution >= 4 is 11.3 Å². The molecule has 2 aromatic rings. The number of thiophene rings is 1. The third-order valence-corrected chi connectivity index (χ3v) is 4.33. The summed E-state index contributed by atoms with van der Waals surface area (Å²) in [5, 5.41) is 2.13. The van der Waals surface area contributed by atoms with Crippen molar-refractivity contribution in [1.29, 1.82) is 0 Å². The van der Waals surface area contributed by atoms with Crippen LogP contribution in [0.2, 0.25) is 0 Å². The highest BCUT2D eigenvalue weighted by atomic mass is 32.1. The van der Waals surface area contributed by atoms with Crippen molar-refractivity contribution in [2.24, 2.45) is 5.73 Å². The summed E-state index contributed by atoms with van der Waals surface area (Å²) >= 11 is 1.82. The molecule has 1 aromatic heterocycles. The number of benzene rings is 1. The van der Waals surface area contributed by atoms with Crippen molar-refractivity contribution in [2.45, 2.75) is 32.2 Å². The summed E-state index contributed by atoms with van der Waals surface area (Å²) in [6, 6.07) is 10.5. The Morgan fingerprint density at radius 2 is 2.16 bits per heavy atom. The minimum atomic E-state index is 0.117. The van der Waals surface area contributed by atoms with Gasteiger partial charge in [-0.1, -0.05) is 12.1 Å². The minimum Gasteiger partial charge on any atom is -0.497 e. The van der Waals surface area contributed by atoms with E-state index in [0.29, 0.717) is 0 Å². The molecule has 0 bridgehead atoms. The number of methoxy groups -OCH3 is 1. The van der Waals surface area contributed by atoms with Gasteiger partial charge in [0.2, 0.25) is 0 Å². The van der Waals surface area contributed by atoms with Gasteiger partial charge in [-0.05, 0) is 60.9 Å². The molecule has 0 saturated carbocycles.